The largest absolute Gasteiger partial charge is 0.416 e. The number of alkyl halides is 3. The van der Waals surface area contributed by atoms with Gasteiger partial charge in [-0.15, -0.1) is 0 Å². The predicted molar refractivity (Wildman–Crippen MR) is 101 cm³/mol. The van der Waals surface area contributed by atoms with Crippen LogP contribution in [0.25, 0.3) is 0 Å². The zero-order valence-corrected chi connectivity index (χ0v) is 15.3. The van der Waals surface area contributed by atoms with Gasteiger partial charge in [0.1, 0.15) is 0 Å². The maximum atomic E-state index is 13.1. The zero-order chi connectivity index (χ0) is 20.4. The van der Waals surface area contributed by atoms with E-state index in [2.05, 4.69) is 18.1 Å². The van der Waals surface area contributed by atoms with Gasteiger partial charge in [-0.2, -0.15) is 13.2 Å². The van der Waals surface area contributed by atoms with E-state index in [4.69, 9.17) is 5.73 Å². The highest BCUT2D eigenvalue weighted by molar-refractivity contribution is 7.82. The van der Waals surface area contributed by atoms with E-state index in [1.54, 1.807) is 14.1 Å². The number of rotatable bonds is 4. The Morgan fingerprint density at radius 3 is 2.11 bits per heavy atom. The van der Waals surface area contributed by atoms with Crippen molar-refractivity contribution in [2.75, 3.05) is 28.6 Å². The number of anilines is 3. The Labute approximate surface area is 159 Å². The predicted octanol–water partition coefficient (Wildman–Crippen LogP) is 3.75. The molecule has 0 aromatic heterocycles. The van der Waals surface area contributed by atoms with Crippen LogP contribution in [0.3, 0.4) is 0 Å². The van der Waals surface area contributed by atoms with Crippen molar-refractivity contribution in [2.45, 2.75) is 6.18 Å². The molecule has 2 rings (SSSR count). The number of nitrogens with two attached hydrogens (primary N) is 1. The van der Waals surface area contributed by atoms with E-state index < -0.39 is 23.7 Å². The summed E-state index contributed by atoms with van der Waals surface area (Å²) in [6, 6.07) is 8.14. The quantitative estimate of drug-likeness (QED) is 0.687. The molecule has 10 heteroatoms. The number of amides is 3. The minimum absolute atomic E-state index is 0.0358. The van der Waals surface area contributed by atoms with E-state index in [0.29, 0.717) is 5.69 Å². The Morgan fingerprint density at radius 1 is 1.04 bits per heavy atom. The zero-order valence-electron chi connectivity index (χ0n) is 14.4. The van der Waals surface area contributed by atoms with Gasteiger partial charge in [-0.1, -0.05) is 12.8 Å². The Balaban J connectivity index is 2.25. The molecule has 6 nitrogen and oxygen atoms in total. The lowest BCUT2D eigenvalue weighted by atomic mass is 10.1. The Morgan fingerprint density at radius 2 is 1.63 bits per heavy atom. The number of urea groups is 1. The molecular weight excluding hydrogens is 381 g/mol. The Hall–Kier alpha value is -2.88. The molecule has 2 aromatic carbocycles. The molecule has 0 spiro atoms. The van der Waals surface area contributed by atoms with E-state index >= 15 is 0 Å². The first-order valence-corrected chi connectivity index (χ1v) is 7.98. The molecule has 0 aliphatic carbocycles. The average molecular weight is 398 g/mol. The fourth-order valence-corrected chi connectivity index (χ4v) is 2.35. The third-order valence-electron chi connectivity index (χ3n) is 3.60. The molecule has 0 atom stereocenters. The van der Waals surface area contributed by atoms with Crippen molar-refractivity contribution in [2.24, 2.45) is 5.73 Å². The van der Waals surface area contributed by atoms with Crippen molar-refractivity contribution >= 4 is 41.8 Å². The number of primary amides is 1. The van der Waals surface area contributed by atoms with Crippen molar-refractivity contribution in [1.29, 1.82) is 0 Å². The first-order chi connectivity index (χ1) is 12.5. The lowest BCUT2D eigenvalue weighted by molar-refractivity contribution is -0.137. The van der Waals surface area contributed by atoms with Gasteiger partial charge >= 0.3 is 12.2 Å². The second-order valence-corrected chi connectivity index (χ2v) is 6.21. The molecule has 0 fully saturated rings. The van der Waals surface area contributed by atoms with E-state index in [0.717, 1.165) is 16.4 Å². The fourth-order valence-electron chi connectivity index (χ4n) is 2.17. The third kappa shape index (κ3) is 5.07. The topological polar surface area (TPSA) is 78.7 Å². The van der Waals surface area contributed by atoms with Gasteiger partial charge in [0.2, 0.25) is 5.91 Å². The molecular formula is C17H17F3N4O2S. The highest BCUT2D eigenvalue weighted by Gasteiger charge is 2.31. The minimum atomic E-state index is -4.56. The van der Waals surface area contributed by atoms with E-state index in [9.17, 15) is 22.8 Å². The molecule has 0 aliphatic rings. The lowest BCUT2D eigenvalue weighted by Gasteiger charge is -2.20. The molecule has 0 radical (unpaired) electrons. The van der Waals surface area contributed by atoms with E-state index in [1.807, 2.05) is 0 Å². The maximum Gasteiger partial charge on any atom is 0.416 e. The van der Waals surface area contributed by atoms with Crippen LogP contribution in [-0.2, 0) is 6.18 Å². The summed E-state index contributed by atoms with van der Waals surface area (Å²) in [5.41, 5.74) is 5.04. The first kappa shape index (κ1) is 20.4. The number of hydrogen-bond donors (Lipinski definition) is 3. The molecule has 0 saturated carbocycles. The molecule has 3 N–H and O–H groups in total. The molecule has 0 saturated heterocycles. The van der Waals surface area contributed by atoms with Crippen LogP contribution < -0.4 is 20.3 Å². The second kappa shape index (κ2) is 7.78. The lowest BCUT2D eigenvalue weighted by Crippen LogP contribution is -2.27. The molecule has 0 unspecified atom stereocenters. The molecule has 2 aromatic rings. The highest BCUT2D eigenvalue weighted by Crippen LogP contribution is 2.34. The number of benzene rings is 2. The SMILES string of the molecule is CN(C)c1cc(NC(=O)N(S)c2ccc(C(N)=O)cc2)cc(C(F)(F)F)c1. The summed E-state index contributed by atoms with van der Waals surface area (Å²) in [5.74, 6) is -0.628. The van der Waals surface area contributed by atoms with Gasteiger partial charge in [0.15, 0.2) is 0 Å². The fraction of sp³-hybridized carbons (Fsp3) is 0.176. The van der Waals surface area contributed by atoms with Crippen LogP contribution in [-0.4, -0.2) is 26.0 Å². The van der Waals surface area contributed by atoms with Crippen molar-refractivity contribution < 1.29 is 22.8 Å². The van der Waals surface area contributed by atoms with Gasteiger partial charge in [0.05, 0.1) is 11.3 Å². The molecule has 0 bridgehead atoms. The van der Waals surface area contributed by atoms with Crippen LogP contribution >= 0.6 is 12.8 Å². The van der Waals surface area contributed by atoms with Crippen molar-refractivity contribution in [3.63, 3.8) is 0 Å². The van der Waals surface area contributed by atoms with Gasteiger partial charge in [0, 0.05) is 31.0 Å². The standard InChI is InChI=1S/C17H17F3N4O2S/c1-23(2)14-8-11(17(18,19)20)7-12(9-14)22-16(26)24(27)13-5-3-10(4-6-13)15(21)25/h3-9,27H,1-2H3,(H2,21,25)(H,22,26). The summed E-state index contributed by atoms with van der Waals surface area (Å²) in [7, 11) is 3.18. The summed E-state index contributed by atoms with van der Waals surface area (Å²) in [4.78, 5) is 24.9. The van der Waals surface area contributed by atoms with Gasteiger partial charge in [-0.25, -0.2) is 9.10 Å². The van der Waals surface area contributed by atoms with Crippen molar-refractivity contribution in [1.82, 2.24) is 0 Å². The number of nitrogens with zero attached hydrogens (tertiary/aromatic N) is 2. The molecule has 27 heavy (non-hydrogen) atoms. The monoisotopic (exact) mass is 398 g/mol. The van der Waals surface area contributed by atoms with E-state index in [1.165, 1.54) is 35.2 Å². The Bertz CT molecular complexity index is 854. The summed E-state index contributed by atoms with van der Waals surface area (Å²) < 4.78 is 40.1. The summed E-state index contributed by atoms with van der Waals surface area (Å²) >= 11 is 4.05. The maximum absolute atomic E-state index is 13.1. The highest BCUT2D eigenvalue weighted by atomic mass is 32.1. The minimum Gasteiger partial charge on any atom is -0.378 e. The number of thiol groups is 1. The number of hydrogen-bond acceptors (Lipinski definition) is 4. The normalized spacial score (nSPS) is 11.0. The second-order valence-electron chi connectivity index (χ2n) is 5.81. The first-order valence-electron chi connectivity index (χ1n) is 7.58. The summed E-state index contributed by atoms with van der Waals surface area (Å²) in [5, 5.41) is 2.38. The smallest absolute Gasteiger partial charge is 0.378 e. The number of halogens is 3. The number of carbonyl (C=O) groups is 2. The number of nitrogens with one attached hydrogen (secondary N) is 1. The third-order valence-corrected chi connectivity index (χ3v) is 4.01. The van der Waals surface area contributed by atoms with Crippen LogP contribution in [0.2, 0.25) is 0 Å². The molecule has 144 valence electrons. The van der Waals surface area contributed by atoms with Crippen LogP contribution in [0.1, 0.15) is 15.9 Å². The Kier molecular flexibility index (Phi) is 5.89. The van der Waals surface area contributed by atoms with Crippen molar-refractivity contribution in [3.8, 4) is 0 Å². The van der Waals surface area contributed by atoms with Crippen LogP contribution in [0.5, 0.6) is 0 Å². The number of carbonyl (C=O) groups excluding carboxylic acids is 2. The molecule has 0 aliphatic heterocycles. The van der Waals surface area contributed by atoms with Crippen molar-refractivity contribution in [3.05, 3.63) is 53.6 Å². The van der Waals surface area contributed by atoms with Crippen LogP contribution in [0, 0.1) is 0 Å². The summed E-state index contributed by atoms with van der Waals surface area (Å²) in [6.45, 7) is 0. The van der Waals surface area contributed by atoms with E-state index in [-0.39, 0.29) is 16.9 Å². The van der Waals surface area contributed by atoms with Gasteiger partial charge in [0.25, 0.3) is 0 Å². The summed E-state index contributed by atoms with van der Waals surface area (Å²) in [6.07, 6.45) is -4.56. The average Bonchev–Trinajstić information content (AvgIpc) is 2.60. The van der Waals surface area contributed by atoms with Crippen LogP contribution in [0.4, 0.5) is 35.0 Å². The van der Waals surface area contributed by atoms with Gasteiger partial charge in [-0.05, 0) is 42.5 Å². The molecule has 3 amide bonds. The van der Waals surface area contributed by atoms with Gasteiger partial charge < -0.3 is 16.0 Å². The van der Waals surface area contributed by atoms with Gasteiger partial charge in [-0.3, -0.25) is 4.79 Å². The molecule has 0 heterocycles. The van der Waals surface area contributed by atoms with Crippen LogP contribution in [0.15, 0.2) is 42.5 Å².